The molecule has 4 rings (SSSR count). The van der Waals surface area contributed by atoms with Crippen LogP contribution in [0.5, 0.6) is 5.75 Å². The number of rotatable bonds is 6. The summed E-state index contributed by atoms with van der Waals surface area (Å²) in [5, 5.41) is 9.20. The molecular weight excluding hydrogens is 354 g/mol. The maximum absolute atomic E-state index is 13.1. The maximum Gasteiger partial charge on any atom is 0.260 e. The summed E-state index contributed by atoms with van der Waals surface area (Å²) in [6, 6.07) is 11.6. The molecule has 0 saturated carbocycles. The lowest BCUT2D eigenvalue weighted by Crippen LogP contribution is -2.24. The molecule has 0 bridgehead atoms. The molecule has 6 heteroatoms. The molecule has 3 aromatic rings. The molecule has 1 aromatic heterocycles. The number of fused-ring (bicyclic) bond motifs is 1. The Morgan fingerprint density at radius 2 is 2.18 bits per heavy atom. The summed E-state index contributed by atoms with van der Waals surface area (Å²) in [5.74, 6) is 0.385. The summed E-state index contributed by atoms with van der Waals surface area (Å²) in [6.45, 7) is 3.93. The third kappa shape index (κ3) is 4.02. The van der Waals surface area contributed by atoms with Gasteiger partial charge in [0.05, 0.1) is 36.7 Å². The van der Waals surface area contributed by atoms with Gasteiger partial charge in [-0.15, -0.1) is 0 Å². The van der Waals surface area contributed by atoms with E-state index in [2.05, 4.69) is 10.4 Å². The van der Waals surface area contributed by atoms with Gasteiger partial charge in [-0.25, -0.2) is 0 Å². The second-order valence-electron chi connectivity index (χ2n) is 6.99. The van der Waals surface area contributed by atoms with Crippen LogP contribution in [0.4, 0.5) is 5.69 Å². The molecule has 28 heavy (non-hydrogen) atoms. The van der Waals surface area contributed by atoms with Crippen molar-refractivity contribution >= 4 is 22.4 Å². The molecule has 1 aliphatic heterocycles. The summed E-state index contributed by atoms with van der Waals surface area (Å²) in [6.07, 6.45) is 7.09. The van der Waals surface area contributed by atoms with Crippen LogP contribution in [-0.2, 0) is 11.3 Å². The predicted octanol–water partition coefficient (Wildman–Crippen LogP) is 4.26. The van der Waals surface area contributed by atoms with Gasteiger partial charge in [0, 0.05) is 12.8 Å². The van der Waals surface area contributed by atoms with Crippen molar-refractivity contribution in [3.05, 3.63) is 54.4 Å². The summed E-state index contributed by atoms with van der Waals surface area (Å²) in [4.78, 5) is 13.1. The highest BCUT2D eigenvalue weighted by Crippen LogP contribution is 2.29. The zero-order valence-electron chi connectivity index (χ0n) is 16.1. The molecule has 0 spiro atoms. The first kappa shape index (κ1) is 18.5. The first-order chi connectivity index (χ1) is 13.7. The fourth-order valence-electron chi connectivity index (χ4n) is 3.64. The third-order valence-corrected chi connectivity index (χ3v) is 4.97. The molecule has 2 aromatic carbocycles. The summed E-state index contributed by atoms with van der Waals surface area (Å²) in [7, 11) is 0. The highest BCUT2D eigenvalue weighted by atomic mass is 16.5. The van der Waals surface area contributed by atoms with E-state index in [0.717, 1.165) is 30.2 Å². The van der Waals surface area contributed by atoms with E-state index in [1.165, 1.54) is 6.42 Å². The molecule has 1 amide bonds. The first-order valence-corrected chi connectivity index (χ1v) is 9.84. The van der Waals surface area contributed by atoms with Crippen LogP contribution in [0.1, 0.15) is 36.5 Å². The van der Waals surface area contributed by atoms with Crippen molar-refractivity contribution in [2.45, 2.75) is 38.8 Å². The maximum atomic E-state index is 13.1. The van der Waals surface area contributed by atoms with Crippen molar-refractivity contribution in [3.8, 4) is 5.75 Å². The minimum atomic E-state index is -0.200. The molecule has 1 aliphatic rings. The second-order valence-corrected chi connectivity index (χ2v) is 6.99. The van der Waals surface area contributed by atoms with Crippen LogP contribution in [-0.4, -0.2) is 35.0 Å². The zero-order valence-corrected chi connectivity index (χ0v) is 16.1. The quantitative estimate of drug-likeness (QED) is 0.695. The van der Waals surface area contributed by atoms with Gasteiger partial charge in [-0.3, -0.25) is 9.48 Å². The topological polar surface area (TPSA) is 65.4 Å². The minimum absolute atomic E-state index is 0.194. The highest BCUT2D eigenvalue weighted by Gasteiger charge is 2.18. The lowest BCUT2D eigenvalue weighted by atomic mass is 10.0. The predicted molar refractivity (Wildman–Crippen MR) is 109 cm³/mol. The third-order valence-electron chi connectivity index (χ3n) is 4.97. The van der Waals surface area contributed by atoms with E-state index in [9.17, 15) is 4.79 Å². The van der Waals surface area contributed by atoms with Crippen molar-refractivity contribution in [1.82, 2.24) is 9.78 Å². The number of hydrogen-bond acceptors (Lipinski definition) is 4. The Hall–Kier alpha value is -2.86. The number of nitrogens with one attached hydrogen (secondary N) is 1. The fraction of sp³-hybridized carbons (Fsp3) is 0.364. The summed E-state index contributed by atoms with van der Waals surface area (Å²) < 4.78 is 13.3. The number of amides is 1. The van der Waals surface area contributed by atoms with Crippen LogP contribution >= 0.6 is 0 Å². The minimum Gasteiger partial charge on any atom is -0.493 e. The average molecular weight is 379 g/mol. The van der Waals surface area contributed by atoms with Gasteiger partial charge >= 0.3 is 0 Å². The molecule has 1 saturated heterocycles. The highest BCUT2D eigenvalue weighted by molar-refractivity contribution is 6.14. The van der Waals surface area contributed by atoms with Crippen LogP contribution in [0, 0.1) is 0 Å². The normalized spacial score (nSPS) is 16.8. The van der Waals surface area contributed by atoms with E-state index in [1.807, 2.05) is 54.2 Å². The van der Waals surface area contributed by atoms with Crippen molar-refractivity contribution < 1.29 is 14.3 Å². The van der Waals surface area contributed by atoms with Crippen LogP contribution in [0.25, 0.3) is 10.8 Å². The Bertz CT molecular complexity index is 961. The molecule has 1 atom stereocenters. The van der Waals surface area contributed by atoms with Gasteiger partial charge in [0.15, 0.2) is 0 Å². The number of carbonyl (C=O) groups is 1. The van der Waals surface area contributed by atoms with Gasteiger partial charge in [-0.05, 0) is 43.0 Å². The summed E-state index contributed by atoms with van der Waals surface area (Å²) in [5.41, 5.74) is 1.21. The van der Waals surface area contributed by atoms with Crippen molar-refractivity contribution in [3.63, 3.8) is 0 Å². The second kappa shape index (κ2) is 8.44. The molecule has 0 aliphatic carbocycles. The van der Waals surface area contributed by atoms with Crippen LogP contribution in [0.15, 0.2) is 48.8 Å². The average Bonchev–Trinajstić information content (AvgIpc) is 3.15. The Morgan fingerprint density at radius 3 is 3.00 bits per heavy atom. The van der Waals surface area contributed by atoms with E-state index < -0.39 is 0 Å². The standard InChI is InChI=1S/C22H25N3O3/c1-2-27-20-11-10-16-7-3-4-9-19(16)21(20)22(26)24-17-13-23-25(14-17)15-18-8-5-6-12-28-18/h3-4,7,9-11,13-14,18H,2,5-6,8,12,15H2,1H3,(H,24,26). The Balaban J connectivity index is 1.54. The van der Waals surface area contributed by atoms with Crippen molar-refractivity contribution in [2.24, 2.45) is 0 Å². The fourth-order valence-corrected chi connectivity index (χ4v) is 3.64. The molecule has 1 N–H and O–H groups in total. The molecular formula is C22H25N3O3. The lowest BCUT2D eigenvalue weighted by Gasteiger charge is -2.22. The number of aromatic nitrogens is 2. The first-order valence-electron chi connectivity index (χ1n) is 9.84. The number of hydrogen-bond donors (Lipinski definition) is 1. The van der Waals surface area contributed by atoms with Crippen molar-refractivity contribution in [2.75, 3.05) is 18.5 Å². The smallest absolute Gasteiger partial charge is 0.260 e. The van der Waals surface area contributed by atoms with Gasteiger partial charge in [-0.2, -0.15) is 5.10 Å². The summed E-state index contributed by atoms with van der Waals surface area (Å²) >= 11 is 0. The molecule has 1 unspecified atom stereocenters. The lowest BCUT2D eigenvalue weighted by molar-refractivity contribution is 0.00400. The molecule has 146 valence electrons. The van der Waals surface area contributed by atoms with Crippen LogP contribution in [0.3, 0.4) is 0 Å². The van der Waals surface area contributed by atoms with Crippen LogP contribution < -0.4 is 10.1 Å². The largest absolute Gasteiger partial charge is 0.493 e. The van der Waals surface area contributed by atoms with Gasteiger partial charge in [0.2, 0.25) is 0 Å². The molecule has 2 heterocycles. The number of nitrogens with zero attached hydrogens (tertiary/aromatic N) is 2. The van der Waals surface area contributed by atoms with Gasteiger partial charge in [-0.1, -0.05) is 30.3 Å². The Kier molecular flexibility index (Phi) is 5.58. The van der Waals surface area contributed by atoms with E-state index in [0.29, 0.717) is 30.2 Å². The van der Waals surface area contributed by atoms with Gasteiger partial charge in [0.25, 0.3) is 5.91 Å². The molecule has 0 radical (unpaired) electrons. The Labute approximate surface area is 164 Å². The SMILES string of the molecule is CCOc1ccc2ccccc2c1C(=O)Nc1cnn(CC2CCCCO2)c1. The molecule has 6 nitrogen and oxygen atoms in total. The number of ether oxygens (including phenoxy) is 2. The zero-order chi connectivity index (χ0) is 19.3. The van der Waals surface area contributed by atoms with E-state index in [-0.39, 0.29) is 12.0 Å². The number of anilines is 1. The van der Waals surface area contributed by atoms with Gasteiger partial charge < -0.3 is 14.8 Å². The van der Waals surface area contributed by atoms with Gasteiger partial charge in [0.1, 0.15) is 5.75 Å². The van der Waals surface area contributed by atoms with E-state index in [1.54, 1.807) is 6.20 Å². The van der Waals surface area contributed by atoms with Crippen LogP contribution in [0.2, 0.25) is 0 Å². The molecule has 1 fully saturated rings. The Morgan fingerprint density at radius 1 is 1.29 bits per heavy atom. The monoisotopic (exact) mass is 379 g/mol. The van der Waals surface area contributed by atoms with E-state index >= 15 is 0 Å². The number of carbonyl (C=O) groups excluding carboxylic acids is 1. The van der Waals surface area contributed by atoms with Crippen molar-refractivity contribution in [1.29, 1.82) is 0 Å². The van der Waals surface area contributed by atoms with E-state index in [4.69, 9.17) is 9.47 Å². The number of benzene rings is 2.